The summed E-state index contributed by atoms with van der Waals surface area (Å²) in [5.41, 5.74) is 11.3. The molecule has 102 valence electrons. The molecular formula is C15H27N3. The van der Waals surface area contributed by atoms with E-state index in [4.69, 9.17) is 5.73 Å². The van der Waals surface area contributed by atoms with Crippen LogP contribution < -0.4 is 5.73 Å². The van der Waals surface area contributed by atoms with E-state index < -0.39 is 0 Å². The standard InChI is InChI=1S/C15H27N3/c1-6-12(2)8-7-9-13(3)14-11-17(4)18(5)15(14)10-16/h8-9H,6-7,10-11,16H2,1-5H3/b12-8+,13-9-. The SMILES string of the molecule is CC/C(C)=C/C/C=C(/C)C1=C(CN)N(C)N(C)C1. The van der Waals surface area contributed by atoms with Gasteiger partial charge in [0.25, 0.3) is 0 Å². The van der Waals surface area contributed by atoms with Gasteiger partial charge < -0.3 is 10.7 Å². The quantitative estimate of drug-likeness (QED) is 0.760. The highest BCUT2D eigenvalue weighted by atomic mass is 15.6. The molecule has 0 aromatic heterocycles. The number of nitrogens with two attached hydrogens (primary N) is 1. The summed E-state index contributed by atoms with van der Waals surface area (Å²) < 4.78 is 0. The number of hydrazine groups is 1. The topological polar surface area (TPSA) is 32.5 Å². The van der Waals surface area contributed by atoms with Crippen LogP contribution in [0.3, 0.4) is 0 Å². The molecule has 0 saturated heterocycles. The van der Waals surface area contributed by atoms with Crippen LogP contribution in [0.15, 0.2) is 34.6 Å². The first-order chi connectivity index (χ1) is 8.51. The predicted octanol–water partition coefficient (Wildman–Crippen LogP) is 2.68. The van der Waals surface area contributed by atoms with Crippen molar-refractivity contribution in [3.8, 4) is 0 Å². The van der Waals surface area contributed by atoms with Gasteiger partial charge in [-0.1, -0.05) is 24.6 Å². The van der Waals surface area contributed by atoms with Crippen LogP contribution in [0, 0.1) is 0 Å². The smallest absolute Gasteiger partial charge is 0.0477 e. The summed E-state index contributed by atoms with van der Waals surface area (Å²) in [6, 6.07) is 0. The lowest BCUT2D eigenvalue weighted by molar-refractivity contribution is 0.101. The van der Waals surface area contributed by atoms with Crippen LogP contribution >= 0.6 is 0 Å². The number of allylic oxidation sites excluding steroid dienone is 3. The maximum atomic E-state index is 5.85. The van der Waals surface area contributed by atoms with Crippen molar-refractivity contribution < 1.29 is 0 Å². The maximum Gasteiger partial charge on any atom is 0.0477 e. The van der Waals surface area contributed by atoms with Gasteiger partial charge in [0, 0.05) is 32.9 Å². The molecule has 1 aliphatic heterocycles. The second kappa shape index (κ2) is 6.76. The van der Waals surface area contributed by atoms with E-state index in [1.54, 1.807) is 0 Å². The molecule has 0 unspecified atom stereocenters. The molecule has 1 rings (SSSR count). The van der Waals surface area contributed by atoms with Gasteiger partial charge in [-0.3, -0.25) is 0 Å². The highest BCUT2D eigenvalue weighted by molar-refractivity contribution is 5.37. The van der Waals surface area contributed by atoms with Crippen molar-refractivity contribution >= 4 is 0 Å². The van der Waals surface area contributed by atoms with Crippen LogP contribution in [-0.2, 0) is 0 Å². The second-order valence-electron chi connectivity index (χ2n) is 5.00. The summed E-state index contributed by atoms with van der Waals surface area (Å²) in [6.07, 6.45) is 6.75. The van der Waals surface area contributed by atoms with E-state index in [2.05, 4.69) is 57.0 Å². The molecule has 0 saturated carbocycles. The van der Waals surface area contributed by atoms with Crippen molar-refractivity contribution in [3.63, 3.8) is 0 Å². The average molecular weight is 249 g/mol. The molecule has 0 aromatic carbocycles. The van der Waals surface area contributed by atoms with Crippen molar-refractivity contribution in [2.24, 2.45) is 5.73 Å². The molecule has 0 bridgehead atoms. The lowest BCUT2D eigenvalue weighted by Gasteiger charge is -2.23. The summed E-state index contributed by atoms with van der Waals surface area (Å²) in [5, 5.41) is 4.35. The number of hydrogen-bond acceptors (Lipinski definition) is 3. The van der Waals surface area contributed by atoms with E-state index in [9.17, 15) is 0 Å². The zero-order valence-electron chi connectivity index (χ0n) is 12.5. The van der Waals surface area contributed by atoms with Gasteiger partial charge in [-0.05, 0) is 37.8 Å². The minimum absolute atomic E-state index is 0.602. The zero-order chi connectivity index (χ0) is 13.7. The van der Waals surface area contributed by atoms with Gasteiger partial charge in [0.05, 0.1) is 0 Å². The van der Waals surface area contributed by atoms with E-state index in [-0.39, 0.29) is 0 Å². The Bertz CT molecular complexity index is 377. The minimum Gasteiger partial charge on any atom is -0.325 e. The lowest BCUT2D eigenvalue weighted by Crippen LogP contribution is -2.32. The maximum absolute atomic E-state index is 5.85. The molecular weight excluding hydrogens is 222 g/mol. The van der Waals surface area contributed by atoms with Crippen LogP contribution in [0.2, 0.25) is 0 Å². The van der Waals surface area contributed by atoms with Crippen molar-refractivity contribution in [1.29, 1.82) is 0 Å². The van der Waals surface area contributed by atoms with Gasteiger partial charge in [0.15, 0.2) is 0 Å². The Kier molecular flexibility index (Phi) is 5.63. The Morgan fingerprint density at radius 1 is 1.28 bits per heavy atom. The fourth-order valence-corrected chi connectivity index (χ4v) is 2.14. The van der Waals surface area contributed by atoms with Crippen LogP contribution in [0.5, 0.6) is 0 Å². The summed E-state index contributed by atoms with van der Waals surface area (Å²) in [6.45, 7) is 8.13. The first-order valence-electron chi connectivity index (χ1n) is 6.70. The van der Waals surface area contributed by atoms with Crippen LogP contribution in [-0.4, -0.2) is 37.2 Å². The summed E-state index contributed by atoms with van der Waals surface area (Å²) in [5.74, 6) is 0. The van der Waals surface area contributed by atoms with Crippen LogP contribution in [0.1, 0.15) is 33.6 Å². The molecule has 0 spiro atoms. The molecule has 0 radical (unpaired) electrons. The van der Waals surface area contributed by atoms with E-state index in [1.807, 2.05) is 0 Å². The molecule has 1 aliphatic rings. The third kappa shape index (κ3) is 3.47. The van der Waals surface area contributed by atoms with Gasteiger partial charge in [-0.2, -0.15) is 0 Å². The molecule has 0 fully saturated rings. The average Bonchev–Trinajstić information content (AvgIpc) is 2.65. The molecule has 0 aliphatic carbocycles. The van der Waals surface area contributed by atoms with Crippen molar-refractivity contribution in [2.75, 3.05) is 27.2 Å². The normalized spacial score (nSPS) is 19.1. The largest absolute Gasteiger partial charge is 0.325 e. The molecule has 2 N–H and O–H groups in total. The Hall–Kier alpha value is -1.06. The second-order valence-corrected chi connectivity index (χ2v) is 5.00. The van der Waals surface area contributed by atoms with Crippen molar-refractivity contribution in [2.45, 2.75) is 33.6 Å². The van der Waals surface area contributed by atoms with E-state index in [1.165, 1.54) is 22.4 Å². The summed E-state index contributed by atoms with van der Waals surface area (Å²) in [7, 11) is 4.17. The molecule has 0 amide bonds. The van der Waals surface area contributed by atoms with Gasteiger partial charge in [0.2, 0.25) is 0 Å². The van der Waals surface area contributed by atoms with Gasteiger partial charge >= 0.3 is 0 Å². The number of rotatable bonds is 5. The predicted molar refractivity (Wildman–Crippen MR) is 78.9 cm³/mol. The van der Waals surface area contributed by atoms with Gasteiger partial charge in [0.1, 0.15) is 0 Å². The number of nitrogens with zero attached hydrogens (tertiary/aromatic N) is 2. The van der Waals surface area contributed by atoms with E-state index in [0.717, 1.165) is 19.4 Å². The lowest BCUT2D eigenvalue weighted by atomic mass is 10.0. The fraction of sp³-hybridized carbons (Fsp3) is 0.600. The number of likely N-dealkylation sites (N-methyl/N-ethyl adjacent to an activating group) is 2. The monoisotopic (exact) mass is 249 g/mol. The third-order valence-electron chi connectivity index (χ3n) is 3.76. The summed E-state index contributed by atoms with van der Waals surface area (Å²) >= 11 is 0. The Morgan fingerprint density at radius 3 is 2.50 bits per heavy atom. The Labute approximate surface area is 112 Å². The molecule has 3 nitrogen and oxygen atoms in total. The van der Waals surface area contributed by atoms with Crippen molar-refractivity contribution in [3.05, 3.63) is 34.6 Å². The first kappa shape index (κ1) is 15.0. The highest BCUT2D eigenvalue weighted by Crippen LogP contribution is 2.25. The molecule has 1 heterocycles. The Balaban J connectivity index is 2.80. The van der Waals surface area contributed by atoms with Crippen molar-refractivity contribution in [1.82, 2.24) is 10.0 Å². The third-order valence-corrected chi connectivity index (χ3v) is 3.76. The molecule has 0 aromatic rings. The van der Waals surface area contributed by atoms with Gasteiger partial charge in [-0.25, -0.2) is 5.01 Å². The first-order valence-corrected chi connectivity index (χ1v) is 6.70. The molecule has 18 heavy (non-hydrogen) atoms. The number of hydrogen-bond donors (Lipinski definition) is 1. The molecule has 3 heteroatoms. The summed E-state index contributed by atoms with van der Waals surface area (Å²) in [4.78, 5) is 0. The fourth-order valence-electron chi connectivity index (χ4n) is 2.14. The van der Waals surface area contributed by atoms with Crippen LogP contribution in [0.25, 0.3) is 0 Å². The van der Waals surface area contributed by atoms with Crippen LogP contribution in [0.4, 0.5) is 0 Å². The van der Waals surface area contributed by atoms with E-state index >= 15 is 0 Å². The van der Waals surface area contributed by atoms with E-state index in [0.29, 0.717) is 6.54 Å². The highest BCUT2D eigenvalue weighted by Gasteiger charge is 2.23. The minimum atomic E-state index is 0.602. The zero-order valence-corrected chi connectivity index (χ0v) is 12.5. The van der Waals surface area contributed by atoms with Gasteiger partial charge in [-0.15, -0.1) is 0 Å². The Morgan fingerprint density at radius 2 is 1.94 bits per heavy atom. The molecule has 0 atom stereocenters.